The van der Waals surface area contributed by atoms with Crippen molar-refractivity contribution in [2.24, 2.45) is 0 Å². The topological polar surface area (TPSA) is 78.8 Å². The van der Waals surface area contributed by atoms with Crippen molar-refractivity contribution in [3.8, 4) is 0 Å². The molecule has 3 N–H and O–H groups in total. The van der Waals surface area contributed by atoms with Crippen LogP contribution >= 0.6 is 0 Å². The van der Waals surface area contributed by atoms with Crippen molar-refractivity contribution in [3.05, 3.63) is 35.6 Å². The van der Waals surface area contributed by atoms with Crippen LogP contribution in [0.4, 0.5) is 4.39 Å². The number of hydrogen-bond acceptors (Lipinski definition) is 4. The van der Waals surface area contributed by atoms with Gasteiger partial charge in [-0.2, -0.15) is 0 Å². The zero-order valence-electron chi connectivity index (χ0n) is 11.4. The molecule has 112 valence electrons. The first kappa shape index (κ1) is 16.6. The number of aliphatic hydroxyl groups is 1. The second-order valence-corrected chi connectivity index (χ2v) is 4.50. The molecule has 0 saturated heterocycles. The zero-order chi connectivity index (χ0) is 15.0. The number of benzene rings is 1. The minimum absolute atomic E-state index is 0.217. The third kappa shape index (κ3) is 5.64. The number of halogens is 1. The average Bonchev–Trinajstić information content (AvgIpc) is 2.42. The van der Waals surface area contributed by atoms with Crippen LogP contribution in [-0.4, -0.2) is 42.5 Å². The maximum absolute atomic E-state index is 12.8. The van der Waals surface area contributed by atoms with Gasteiger partial charge >= 0.3 is 5.97 Å². The van der Waals surface area contributed by atoms with Gasteiger partial charge in [0.2, 0.25) is 0 Å². The Morgan fingerprint density at radius 1 is 1.40 bits per heavy atom. The van der Waals surface area contributed by atoms with Gasteiger partial charge in [-0.25, -0.2) is 4.39 Å². The van der Waals surface area contributed by atoms with Crippen LogP contribution in [0.2, 0.25) is 0 Å². The van der Waals surface area contributed by atoms with Crippen LogP contribution in [0.1, 0.15) is 24.5 Å². The highest BCUT2D eigenvalue weighted by atomic mass is 19.1. The standard InChI is InChI=1S/C14H20FNO4/c1-20-8-2-7-16-12(9-13(17)18)14(19)10-3-5-11(15)6-4-10/h3-6,12,14,16,19H,2,7-9H2,1H3,(H,17,18). The predicted octanol–water partition coefficient (Wildman–Crippen LogP) is 1.33. The molecule has 5 nitrogen and oxygen atoms in total. The van der Waals surface area contributed by atoms with E-state index in [1.54, 1.807) is 7.11 Å². The minimum atomic E-state index is -1.01. The van der Waals surface area contributed by atoms with E-state index in [-0.39, 0.29) is 6.42 Å². The predicted molar refractivity (Wildman–Crippen MR) is 71.9 cm³/mol. The van der Waals surface area contributed by atoms with Crippen molar-refractivity contribution in [3.63, 3.8) is 0 Å². The largest absolute Gasteiger partial charge is 0.481 e. The Hall–Kier alpha value is -1.50. The summed E-state index contributed by atoms with van der Waals surface area (Å²) >= 11 is 0. The Labute approximate surface area is 117 Å². The Bertz CT molecular complexity index is 410. The van der Waals surface area contributed by atoms with Crippen molar-refractivity contribution in [1.29, 1.82) is 0 Å². The molecule has 0 radical (unpaired) electrons. The number of carboxylic acids is 1. The highest BCUT2D eigenvalue weighted by molar-refractivity contribution is 5.67. The first-order valence-electron chi connectivity index (χ1n) is 6.42. The zero-order valence-corrected chi connectivity index (χ0v) is 11.4. The van der Waals surface area contributed by atoms with Gasteiger partial charge in [0.1, 0.15) is 5.82 Å². The van der Waals surface area contributed by atoms with E-state index < -0.39 is 23.9 Å². The molecule has 0 heterocycles. The van der Waals surface area contributed by atoms with Gasteiger partial charge in [-0.3, -0.25) is 4.79 Å². The molecule has 2 atom stereocenters. The monoisotopic (exact) mass is 285 g/mol. The fraction of sp³-hybridized carbons (Fsp3) is 0.500. The fourth-order valence-corrected chi connectivity index (χ4v) is 1.88. The van der Waals surface area contributed by atoms with Crippen molar-refractivity contribution in [2.75, 3.05) is 20.3 Å². The Kier molecular flexibility index (Phi) is 7.14. The summed E-state index contributed by atoms with van der Waals surface area (Å²) in [4.78, 5) is 10.9. The average molecular weight is 285 g/mol. The molecule has 0 bridgehead atoms. The summed E-state index contributed by atoms with van der Waals surface area (Å²) in [5.74, 6) is -1.40. The van der Waals surface area contributed by atoms with Gasteiger partial charge in [-0.15, -0.1) is 0 Å². The number of carbonyl (C=O) groups is 1. The van der Waals surface area contributed by atoms with Crippen LogP contribution < -0.4 is 5.32 Å². The van der Waals surface area contributed by atoms with Crippen LogP contribution in [0, 0.1) is 5.82 Å². The van der Waals surface area contributed by atoms with Crippen LogP contribution in [0.25, 0.3) is 0 Å². The first-order chi connectivity index (χ1) is 9.54. The molecule has 0 aliphatic carbocycles. The summed E-state index contributed by atoms with van der Waals surface area (Å²) in [5.41, 5.74) is 0.483. The van der Waals surface area contributed by atoms with E-state index in [0.29, 0.717) is 25.1 Å². The van der Waals surface area contributed by atoms with Gasteiger partial charge < -0.3 is 20.3 Å². The lowest BCUT2D eigenvalue weighted by molar-refractivity contribution is -0.138. The third-order valence-electron chi connectivity index (χ3n) is 2.92. The van der Waals surface area contributed by atoms with E-state index in [1.165, 1.54) is 24.3 Å². The summed E-state index contributed by atoms with van der Waals surface area (Å²) in [7, 11) is 1.59. The highest BCUT2D eigenvalue weighted by Gasteiger charge is 2.23. The second-order valence-electron chi connectivity index (χ2n) is 4.50. The lowest BCUT2D eigenvalue weighted by atomic mass is 9.99. The summed E-state index contributed by atoms with van der Waals surface area (Å²) in [5, 5.41) is 22.1. The highest BCUT2D eigenvalue weighted by Crippen LogP contribution is 2.19. The lowest BCUT2D eigenvalue weighted by Crippen LogP contribution is -2.37. The molecular formula is C14H20FNO4. The van der Waals surface area contributed by atoms with Crippen molar-refractivity contribution >= 4 is 5.97 Å². The number of nitrogens with one attached hydrogen (secondary N) is 1. The van der Waals surface area contributed by atoms with Gasteiger partial charge in [0.05, 0.1) is 12.5 Å². The molecule has 1 aromatic rings. The number of hydrogen-bond donors (Lipinski definition) is 3. The van der Waals surface area contributed by atoms with Crippen LogP contribution in [0.3, 0.4) is 0 Å². The maximum Gasteiger partial charge on any atom is 0.305 e. The van der Waals surface area contributed by atoms with Crippen molar-refractivity contribution < 1.29 is 24.1 Å². The van der Waals surface area contributed by atoms with Gasteiger partial charge in [-0.05, 0) is 30.7 Å². The second kappa shape index (κ2) is 8.63. The molecule has 0 spiro atoms. The fourth-order valence-electron chi connectivity index (χ4n) is 1.88. The molecule has 0 saturated carbocycles. The number of methoxy groups -OCH3 is 1. The quantitative estimate of drug-likeness (QED) is 0.597. The Morgan fingerprint density at radius 2 is 2.05 bits per heavy atom. The first-order valence-corrected chi connectivity index (χ1v) is 6.42. The minimum Gasteiger partial charge on any atom is -0.481 e. The van der Waals surface area contributed by atoms with Crippen LogP contribution in [-0.2, 0) is 9.53 Å². The maximum atomic E-state index is 12.8. The molecule has 0 aliphatic rings. The van der Waals surface area contributed by atoms with Crippen molar-refractivity contribution in [2.45, 2.75) is 25.0 Å². The van der Waals surface area contributed by atoms with E-state index in [2.05, 4.69) is 5.32 Å². The summed E-state index contributed by atoms with van der Waals surface area (Å²) in [6.45, 7) is 1.09. The smallest absolute Gasteiger partial charge is 0.305 e. The van der Waals surface area contributed by atoms with Gasteiger partial charge in [-0.1, -0.05) is 12.1 Å². The molecule has 2 unspecified atom stereocenters. The van der Waals surface area contributed by atoms with Crippen molar-refractivity contribution in [1.82, 2.24) is 5.32 Å². The van der Waals surface area contributed by atoms with E-state index in [1.807, 2.05) is 0 Å². The molecule has 0 aromatic heterocycles. The van der Waals surface area contributed by atoms with Gasteiger partial charge in [0.15, 0.2) is 0 Å². The lowest BCUT2D eigenvalue weighted by Gasteiger charge is -2.23. The molecule has 0 fully saturated rings. The number of ether oxygens (including phenoxy) is 1. The van der Waals surface area contributed by atoms with E-state index in [0.717, 1.165) is 0 Å². The molecule has 1 aromatic carbocycles. The normalized spacial score (nSPS) is 13.9. The number of aliphatic carboxylic acids is 1. The van der Waals surface area contributed by atoms with Crippen LogP contribution in [0.15, 0.2) is 24.3 Å². The van der Waals surface area contributed by atoms with E-state index >= 15 is 0 Å². The molecular weight excluding hydrogens is 265 g/mol. The Morgan fingerprint density at radius 3 is 2.60 bits per heavy atom. The molecule has 0 aliphatic heterocycles. The summed E-state index contributed by atoms with van der Waals surface area (Å²) < 4.78 is 17.7. The number of rotatable bonds is 9. The van der Waals surface area contributed by atoms with Gasteiger partial charge in [0, 0.05) is 19.8 Å². The number of aliphatic hydroxyl groups excluding tert-OH is 1. The summed E-state index contributed by atoms with van der Waals surface area (Å²) in [6.07, 6.45) is -0.511. The third-order valence-corrected chi connectivity index (χ3v) is 2.92. The van der Waals surface area contributed by atoms with Crippen LogP contribution in [0.5, 0.6) is 0 Å². The Balaban J connectivity index is 2.65. The molecule has 0 amide bonds. The molecule has 6 heteroatoms. The van der Waals surface area contributed by atoms with E-state index in [9.17, 15) is 14.3 Å². The van der Waals surface area contributed by atoms with E-state index in [4.69, 9.17) is 9.84 Å². The van der Waals surface area contributed by atoms with Gasteiger partial charge in [0.25, 0.3) is 0 Å². The molecule has 20 heavy (non-hydrogen) atoms. The molecule has 1 rings (SSSR count). The summed E-state index contributed by atoms with van der Waals surface area (Å²) in [6, 6.07) is 4.75. The number of carboxylic acid groups (broad SMARTS) is 1. The SMILES string of the molecule is COCCCNC(CC(=O)O)C(O)c1ccc(F)cc1.